The molecule has 1 atom stereocenters. The first kappa shape index (κ1) is 27.4. The molecule has 40 heavy (non-hydrogen) atoms. The smallest absolute Gasteiger partial charge is 0.262 e. The van der Waals surface area contributed by atoms with Gasteiger partial charge in [0.25, 0.3) is 5.91 Å². The van der Waals surface area contributed by atoms with Crippen LogP contribution in [0.15, 0.2) is 60.3 Å². The van der Waals surface area contributed by atoms with E-state index in [1.54, 1.807) is 12.3 Å². The van der Waals surface area contributed by atoms with E-state index in [0.29, 0.717) is 36.3 Å². The van der Waals surface area contributed by atoms with Gasteiger partial charge in [0.1, 0.15) is 16.7 Å². The molecule has 10 heteroatoms. The number of halogens is 1. The first-order valence-corrected chi connectivity index (χ1v) is 13.8. The fourth-order valence-corrected chi connectivity index (χ4v) is 5.11. The van der Waals surface area contributed by atoms with Crippen molar-refractivity contribution in [1.29, 1.82) is 5.26 Å². The molecule has 2 fully saturated rings. The Morgan fingerprint density at radius 3 is 2.48 bits per heavy atom. The number of aromatic nitrogens is 2. The molecule has 3 aromatic rings. The van der Waals surface area contributed by atoms with Crippen molar-refractivity contribution in [3.63, 3.8) is 0 Å². The van der Waals surface area contributed by atoms with Crippen LogP contribution in [0, 0.1) is 18.3 Å². The molecule has 2 aliphatic rings. The summed E-state index contributed by atoms with van der Waals surface area (Å²) < 4.78 is 0. The van der Waals surface area contributed by atoms with Gasteiger partial charge in [-0.3, -0.25) is 4.79 Å². The number of hydrogen-bond acceptors (Lipinski definition) is 8. The third-order valence-corrected chi connectivity index (χ3v) is 7.56. The zero-order valence-electron chi connectivity index (χ0n) is 22.8. The van der Waals surface area contributed by atoms with Crippen LogP contribution in [0.3, 0.4) is 0 Å². The molecule has 2 aliphatic heterocycles. The molecule has 5 rings (SSSR count). The zero-order chi connectivity index (χ0) is 28.1. The maximum Gasteiger partial charge on any atom is 0.262 e. The second-order valence-corrected chi connectivity index (χ2v) is 10.7. The van der Waals surface area contributed by atoms with Gasteiger partial charge in [0.05, 0.1) is 6.20 Å². The van der Waals surface area contributed by atoms with Gasteiger partial charge in [-0.25, -0.2) is 4.98 Å². The summed E-state index contributed by atoms with van der Waals surface area (Å²) in [6, 6.07) is 17.9. The maximum atomic E-state index is 12.8. The molecule has 2 aromatic carbocycles. The van der Waals surface area contributed by atoms with Crippen molar-refractivity contribution < 1.29 is 4.79 Å². The van der Waals surface area contributed by atoms with Gasteiger partial charge in [-0.2, -0.15) is 10.2 Å². The molecule has 0 spiro atoms. The summed E-state index contributed by atoms with van der Waals surface area (Å²) in [6.07, 6.45) is 3.92. The third-order valence-electron chi connectivity index (χ3n) is 7.29. The van der Waals surface area contributed by atoms with Gasteiger partial charge in [0, 0.05) is 56.7 Å². The first-order chi connectivity index (χ1) is 19.4. The molecule has 0 bridgehead atoms. The molecule has 9 nitrogen and oxygen atoms in total. The van der Waals surface area contributed by atoms with Gasteiger partial charge in [-0.1, -0.05) is 41.4 Å². The van der Waals surface area contributed by atoms with Crippen molar-refractivity contribution in [3.8, 4) is 6.07 Å². The Morgan fingerprint density at radius 2 is 1.77 bits per heavy atom. The van der Waals surface area contributed by atoms with Crippen LogP contribution in [0.4, 0.5) is 23.1 Å². The molecular formula is C30H33ClN8O. The lowest BCUT2D eigenvalue weighted by Crippen LogP contribution is -2.44. The highest BCUT2D eigenvalue weighted by molar-refractivity contribution is 6.32. The van der Waals surface area contributed by atoms with Gasteiger partial charge >= 0.3 is 0 Å². The number of piperazine rings is 1. The summed E-state index contributed by atoms with van der Waals surface area (Å²) in [7, 11) is 2.15. The molecule has 2 saturated heterocycles. The van der Waals surface area contributed by atoms with E-state index in [-0.39, 0.29) is 17.5 Å². The van der Waals surface area contributed by atoms with E-state index in [2.05, 4.69) is 49.6 Å². The quantitative estimate of drug-likeness (QED) is 0.329. The van der Waals surface area contributed by atoms with E-state index >= 15 is 0 Å². The number of nitrogens with zero attached hydrogens (tertiary/aromatic N) is 6. The fourth-order valence-electron chi connectivity index (χ4n) is 4.90. The van der Waals surface area contributed by atoms with Gasteiger partial charge < -0.3 is 25.3 Å². The minimum atomic E-state index is -0.383. The lowest BCUT2D eigenvalue weighted by molar-refractivity contribution is -0.117. The van der Waals surface area contributed by atoms with Crippen molar-refractivity contribution in [3.05, 3.63) is 76.5 Å². The predicted molar refractivity (Wildman–Crippen MR) is 160 cm³/mol. The Morgan fingerprint density at radius 1 is 1.05 bits per heavy atom. The van der Waals surface area contributed by atoms with Gasteiger partial charge in [0.15, 0.2) is 5.82 Å². The number of anilines is 4. The van der Waals surface area contributed by atoms with Crippen LogP contribution in [-0.4, -0.2) is 73.1 Å². The van der Waals surface area contributed by atoms with Crippen LogP contribution in [0.1, 0.15) is 17.5 Å². The summed E-state index contributed by atoms with van der Waals surface area (Å²) >= 11 is 6.48. The van der Waals surface area contributed by atoms with Crippen LogP contribution < -0.4 is 20.4 Å². The number of carbonyl (C=O) groups is 1. The van der Waals surface area contributed by atoms with Crippen molar-refractivity contribution in [2.24, 2.45) is 0 Å². The maximum absolute atomic E-state index is 12.8. The molecule has 0 unspecified atom stereocenters. The average Bonchev–Trinajstić information content (AvgIpc) is 3.42. The van der Waals surface area contributed by atoms with Crippen molar-refractivity contribution in [1.82, 2.24) is 20.2 Å². The van der Waals surface area contributed by atoms with Crippen LogP contribution in [0.5, 0.6) is 0 Å². The molecule has 0 aliphatic carbocycles. The molecule has 206 valence electrons. The summed E-state index contributed by atoms with van der Waals surface area (Å²) in [6.45, 7) is 7.36. The number of rotatable bonds is 7. The zero-order valence-corrected chi connectivity index (χ0v) is 23.5. The predicted octanol–water partition coefficient (Wildman–Crippen LogP) is 4.24. The Bertz CT molecular complexity index is 1410. The number of carbonyl (C=O) groups excluding carboxylic acids is 1. The van der Waals surface area contributed by atoms with E-state index < -0.39 is 0 Å². The number of nitriles is 1. The minimum absolute atomic E-state index is 0.0764. The molecule has 0 radical (unpaired) electrons. The second-order valence-electron chi connectivity index (χ2n) is 10.3. The lowest BCUT2D eigenvalue weighted by Gasteiger charge is -2.34. The van der Waals surface area contributed by atoms with Crippen molar-refractivity contribution in [2.75, 3.05) is 61.4 Å². The minimum Gasteiger partial charge on any atom is -0.369 e. The van der Waals surface area contributed by atoms with Crippen LogP contribution in [0.25, 0.3) is 6.08 Å². The highest BCUT2D eigenvalue weighted by Crippen LogP contribution is 2.28. The monoisotopic (exact) mass is 556 g/mol. The molecule has 1 aromatic heterocycles. The highest BCUT2D eigenvalue weighted by Gasteiger charge is 2.27. The van der Waals surface area contributed by atoms with Gasteiger partial charge in [-0.05, 0) is 56.3 Å². The normalized spacial score (nSPS) is 17.9. The number of aryl methyl sites for hydroxylation is 1. The Hall–Kier alpha value is -4.13. The van der Waals surface area contributed by atoms with E-state index in [0.717, 1.165) is 43.0 Å². The largest absolute Gasteiger partial charge is 0.369 e. The summed E-state index contributed by atoms with van der Waals surface area (Å²) in [5, 5.41) is 16.3. The number of amides is 1. The van der Waals surface area contributed by atoms with Crippen LogP contribution >= 0.6 is 11.6 Å². The highest BCUT2D eigenvalue weighted by atomic mass is 35.5. The number of hydrogen-bond donors (Lipinski definition) is 2. The number of benzene rings is 2. The standard InChI is InChI=1S/C30H33ClN8O/c1-21-3-5-22(6-4-21)17-23(18-32)29(40)34-25-11-12-39(20-25)28-27(31)19-33-30(36-28)35-24-7-9-26(10-8-24)38-15-13-37(2)14-16-38/h3-10,17,19,25H,11-16,20H2,1-2H3,(H,34,40)(H,33,35,36)/b23-17+/t25-/m1/s1. The van der Waals surface area contributed by atoms with Crippen molar-refractivity contribution in [2.45, 2.75) is 19.4 Å². The van der Waals surface area contributed by atoms with Crippen LogP contribution in [-0.2, 0) is 4.79 Å². The van der Waals surface area contributed by atoms with E-state index in [9.17, 15) is 10.1 Å². The second kappa shape index (κ2) is 12.4. The van der Waals surface area contributed by atoms with Crippen LogP contribution in [0.2, 0.25) is 5.02 Å². The van der Waals surface area contributed by atoms with Gasteiger partial charge in [-0.15, -0.1) is 0 Å². The molecular weight excluding hydrogens is 524 g/mol. The molecule has 2 N–H and O–H groups in total. The molecule has 3 heterocycles. The van der Waals surface area contributed by atoms with E-state index in [1.165, 1.54) is 5.69 Å². The summed E-state index contributed by atoms with van der Waals surface area (Å²) in [4.78, 5) is 28.6. The molecule has 0 saturated carbocycles. The topological polar surface area (TPSA) is 100 Å². The fraction of sp³-hybridized carbons (Fsp3) is 0.333. The Balaban J connectivity index is 1.20. The number of nitrogens with one attached hydrogen (secondary N) is 2. The number of likely N-dealkylation sites (N-methyl/N-ethyl adjacent to an activating group) is 1. The third kappa shape index (κ3) is 6.71. The Kier molecular flexibility index (Phi) is 8.48. The summed E-state index contributed by atoms with van der Waals surface area (Å²) in [5.74, 6) is 0.679. The SMILES string of the molecule is Cc1ccc(/C=C(\C#N)C(=O)N[C@@H]2CCN(c3nc(Nc4ccc(N5CCN(C)CC5)cc4)ncc3Cl)C2)cc1. The van der Waals surface area contributed by atoms with Crippen molar-refractivity contribution >= 4 is 46.7 Å². The van der Waals surface area contributed by atoms with Gasteiger partial charge in [0.2, 0.25) is 5.95 Å². The molecule has 1 amide bonds. The Labute approximate surface area is 240 Å². The average molecular weight is 557 g/mol. The van der Waals surface area contributed by atoms with E-state index in [1.807, 2.05) is 54.3 Å². The van der Waals surface area contributed by atoms with E-state index in [4.69, 9.17) is 11.6 Å². The lowest BCUT2D eigenvalue weighted by atomic mass is 10.1. The first-order valence-electron chi connectivity index (χ1n) is 13.5. The summed E-state index contributed by atoms with van der Waals surface area (Å²) in [5.41, 5.74) is 4.10.